The topological polar surface area (TPSA) is 63.2 Å². The van der Waals surface area contributed by atoms with Gasteiger partial charge in [-0.1, -0.05) is 12.1 Å². The maximum Gasteiger partial charge on any atom is 0.224 e. The summed E-state index contributed by atoms with van der Waals surface area (Å²) in [6, 6.07) is 6.61. The van der Waals surface area contributed by atoms with E-state index in [0.29, 0.717) is 11.3 Å². The van der Waals surface area contributed by atoms with Crippen molar-refractivity contribution in [2.75, 3.05) is 5.32 Å². The molecule has 1 N–H and O–H groups in total. The molecule has 0 fully saturated rings. The number of hydrogen-bond donors (Lipinski definition) is 1. The Balaban J connectivity index is 2.62. The van der Waals surface area contributed by atoms with Gasteiger partial charge in [0, 0.05) is 24.1 Å². The zero-order valence-electron chi connectivity index (χ0n) is 9.33. The third kappa shape index (κ3) is 4.78. The van der Waals surface area contributed by atoms with E-state index in [2.05, 4.69) is 5.32 Å². The van der Waals surface area contributed by atoms with Gasteiger partial charge >= 0.3 is 0 Å². The number of nitrogens with one attached hydrogen (secondary N) is 1. The summed E-state index contributed by atoms with van der Waals surface area (Å²) in [6.07, 6.45) is 0.0341. The number of anilines is 1. The molecule has 0 heterocycles. The van der Waals surface area contributed by atoms with E-state index in [1.165, 1.54) is 6.92 Å². The van der Waals surface area contributed by atoms with Gasteiger partial charge in [-0.3, -0.25) is 14.4 Å². The molecule has 1 aromatic carbocycles. The fourth-order valence-corrected chi connectivity index (χ4v) is 1.35. The Bertz CT molecular complexity index is 457. The summed E-state index contributed by atoms with van der Waals surface area (Å²) < 4.78 is 0. The van der Waals surface area contributed by atoms with Crippen molar-refractivity contribution in [1.29, 1.82) is 0 Å². The average molecular weight is 254 g/mol. The fraction of sp³-hybridized carbons (Fsp3) is 0.250. The van der Waals surface area contributed by atoms with E-state index in [1.807, 2.05) is 0 Å². The first-order valence-electron chi connectivity index (χ1n) is 5.08. The van der Waals surface area contributed by atoms with Gasteiger partial charge in [-0.05, 0) is 30.7 Å². The van der Waals surface area contributed by atoms with E-state index < -0.39 is 5.24 Å². The van der Waals surface area contributed by atoms with Crippen molar-refractivity contribution in [1.82, 2.24) is 0 Å². The lowest BCUT2D eigenvalue weighted by atomic mass is 10.1. The van der Waals surface area contributed by atoms with Crippen molar-refractivity contribution in [3.8, 4) is 0 Å². The Morgan fingerprint density at radius 3 is 2.53 bits per heavy atom. The maximum absolute atomic E-state index is 11.4. The van der Waals surface area contributed by atoms with E-state index >= 15 is 0 Å². The highest BCUT2D eigenvalue weighted by atomic mass is 35.5. The molecule has 0 atom stereocenters. The van der Waals surface area contributed by atoms with Crippen LogP contribution in [0.2, 0.25) is 0 Å². The molecular weight excluding hydrogens is 242 g/mol. The number of carbonyl (C=O) groups excluding carboxylic acids is 3. The van der Waals surface area contributed by atoms with Crippen LogP contribution in [0.4, 0.5) is 5.69 Å². The number of Topliss-reactive ketones (excluding diaryl/α,β-unsaturated/α-hetero) is 1. The highest BCUT2D eigenvalue weighted by Crippen LogP contribution is 2.11. The van der Waals surface area contributed by atoms with E-state index in [9.17, 15) is 14.4 Å². The molecular formula is C12H12ClNO3. The number of benzene rings is 1. The minimum atomic E-state index is -0.544. The quantitative estimate of drug-likeness (QED) is 0.647. The summed E-state index contributed by atoms with van der Waals surface area (Å²) in [4.78, 5) is 33.0. The van der Waals surface area contributed by atoms with Gasteiger partial charge in [0.15, 0.2) is 5.78 Å². The number of rotatable bonds is 5. The lowest BCUT2D eigenvalue weighted by Crippen LogP contribution is -2.12. The van der Waals surface area contributed by atoms with Crippen LogP contribution in [-0.2, 0) is 9.59 Å². The zero-order valence-corrected chi connectivity index (χ0v) is 10.1. The predicted octanol–water partition coefficient (Wildman–Crippen LogP) is 2.37. The number of carbonyl (C=O) groups is 3. The van der Waals surface area contributed by atoms with Gasteiger partial charge in [-0.15, -0.1) is 0 Å². The molecule has 0 aliphatic carbocycles. The van der Waals surface area contributed by atoms with Crippen LogP contribution in [0.1, 0.15) is 30.1 Å². The van der Waals surface area contributed by atoms with Crippen molar-refractivity contribution in [2.45, 2.75) is 19.8 Å². The number of hydrogen-bond acceptors (Lipinski definition) is 3. The molecule has 4 nitrogen and oxygen atoms in total. The Morgan fingerprint density at radius 1 is 1.24 bits per heavy atom. The van der Waals surface area contributed by atoms with Crippen LogP contribution in [0.25, 0.3) is 0 Å². The lowest BCUT2D eigenvalue weighted by Gasteiger charge is -2.05. The molecule has 1 rings (SSSR count). The summed E-state index contributed by atoms with van der Waals surface area (Å²) >= 11 is 5.13. The van der Waals surface area contributed by atoms with Gasteiger partial charge < -0.3 is 5.32 Å². The summed E-state index contributed by atoms with van der Waals surface area (Å²) in [5.74, 6) is -0.378. The minimum Gasteiger partial charge on any atom is -0.326 e. The summed E-state index contributed by atoms with van der Waals surface area (Å²) in [7, 11) is 0. The van der Waals surface area contributed by atoms with Gasteiger partial charge in [0.25, 0.3) is 0 Å². The van der Waals surface area contributed by atoms with Gasteiger partial charge in [0.05, 0.1) is 0 Å². The predicted molar refractivity (Wildman–Crippen MR) is 65.2 cm³/mol. The fourth-order valence-electron chi connectivity index (χ4n) is 1.25. The second-order valence-electron chi connectivity index (χ2n) is 3.54. The van der Waals surface area contributed by atoms with Gasteiger partial charge in [-0.25, -0.2) is 0 Å². The third-order valence-electron chi connectivity index (χ3n) is 2.10. The van der Waals surface area contributed by atoms with Crippen molar-refractivity contribution >= 4 is 34.2 Å². The van der Waals surface area contributed by atoms with E-state index in [1.54, 1.807) is 24.3 Å². The SMILES string of the molecule is CC(=O)c1cccc(NC(=O)CCC(=O)Cl)c1. The Kier molecular flexibility index (Phi) is 4.84. The van der Waals surface area contributed by atoms with Crippen LogP contribution in [0.5, 0.6) is 0 Å². The van der Waals surface area contributed by atoms with Crippen LogP contribution < -0.4 is 5.32 Å². The first kappa shape index (κ1) is 13.4. The summed E-state index contributed by atoms with van der Waals surface area (Å²) in [5, 5.41) is 2.05. The van der Waals surface area contributed by atoms with Crippen molar-refractivity contribution in [3.63, 3.8) is 0 Å². The zero-order chi connectivity index (χ0) is 12.8. The average Bonchev–Trinajstić information content (AvgIpc) is 2.26. The smallest absolute Gasteiger partial charge is 0.224 e. The molecule has 1 amide bonds. The molecule has 0 saturated carbocycles. The highest BCUT2D eigenvalue weighted by Gasteiger charge is 2.06. The van der Waals surface area contributed by atoms with E-state index in [0.717, 1.165) is 0 Å². The van der Waals surface area contributed by atoms with Crippen LogP contribution in [0, 0.1) is 0 Å². The van der Waals surface area contributed by atoms with Crippen LogP contribution >= 0.6 is 11.6 Å². The molecule has 17 heavy (non-hydrogen) atoms. The molecule has 0 spiro atoms. The summed E-state index contributed by atoms with van der Waals surface area (Å²) in [5.41, 5.74) is 1.06. The van der Waals surface area contributed by atoms with Crippen molar-refractivity contribution < 1.29 is 14.4 Å². The highest BCUT2D eigenvalue weighted by molar-refractivity contribution is 6.63. The monoisotopic (exact) mass is 253 g/mol. The molecule has 0 bridgehead atoms. The van der Waals surface area contributed by atoms with Crippen molar-refractivity contribution in [2.24, 2.45) is 0 Å². The van der Waals surface area contributed by atoms with Gasteiger partial charge in [0.1, 0.15) is 0 Å². The Labute approximate surface area is 104 Å². The minimum absolute atomic E-state index is 0.000210. The molecule has 0 aromatic heterocycles. The largest absolute Gasteiger partial charge is 0.326 e. The second kappa shape index (κ2) is 6.15. The number of ketones is 1. The van der Waals surface area contributed by atoms with E-state index in [-0.39, 0.29) is 24.5 Å². The Hall–Kier alpha value is -1.68. The Morgan fingerprint density at radius 2 is 1.94 bits per heavy atom. The molecule has 5 heteroatoms. The van der Waals surface area contributed by atoms with Crippen molar-refractivity contribution in [3.05, 3.63) is 29.8 Å². The molecule has 0 aliphatic rings. The lowest BCUT2D eigenvalue weighted by molar-refractivity contribution is -0.119. The van der Waals surface area contributed by atoms with E-state index in [4.69, 9.17) is 11.6 Å². The van der Waals surface area contributed by atoms with Crippen LogP contribution in [0.15, 0.2) is 24.3 Å². The summed E-state index contributed by atoms with van der Waals surface area (Å²) in [6.45, 7) is 1.45. The second-order valence-corrected chi connectivity index (χ2v) is 3.96. The van der Waals surface area contributed by atoms with Crippen LogP contribution in [0.3, 0.4) is 0 Å². The third-order valence-corrected chi connectivity index (χ3v) is 2.29. The normalized spacial score (nSPS) is 9.76. The molecule has 0 aliphatic heterocycles. The number of amides is 1. The molecule has 0 unspecified atom stereocenters. The van der Waals surface area contributed by atoms with Gasteiger partial charge in [-0.2, -0.15) is 0 Å². The van der Waals surface area contributed by atoms with Crippen LogP contribution in [-0.4, -0.2) is 16.9 Å². The number of halogens is 1. The maximum atomic E-state index is 11.4. The first-order valence-corrected chi connectivity index (χ1v) is 5.46. The standard InChI is InChI=1S/C12H12ClNO3/c1-8(15)9-3-2-4-10(7-9)14-12(17)6-5-11(13)16/h2-4,7H,5-6H2,1H3,(H,14,17). The van der Waals surface area contributed by atoms with Gasteiger partial charge in [0.2, 0.25) is 11.1 Å². The molecule has 0 saturated heterocycles. The molecule has 0 radical (unpaired) electrons. The first-order chi connectivity index (χ1) is 7.99. The molecule has 1 aromatic rings. The molecule has 90 valence electrons.